The summed E-state index contributed by atoms with van der Waals surface area (Å²) < 4.78 is 2.04. The van der Waals surface area contributed by atoms with E-state index in [0.29, 0.717) is 12.1 Å². The van der Waals surface area contributed by atoms with Crippen molar-refractivity contribution in [3.05, 3.63) is 12.2 Å². The molecular weight excluding hydrogens is 224 g/mol. The third-order valence-corrected chi connectivity index (χ3v) is 3.08. The molecule has 1 unspecified atom stereocenters. The van der Waals surface area contributed by atoms with Gasteiger partial charge in [0.2, 0.25) is 0 Å². The van der Waals surface area contributed by atoms with Gasteiger partial charge in [-0.15, -0.1) is 0 Å². The lowest BCUT2D eigenvalue weighted by Gasteiger charge is -2.21. The van der Waals surface area contributed by atoms with Crippen molar-refractivity contribution in [2.24, 2.45) is 5.92 Å². The van der Waals surface area contributed by atoms with Crippen molar-refractivity contribution in [1.29, 1.82) is 0 Å². The minimum atomic E-state index is 0.331. The molecule has 0 amide bonds. The van der Waals surface area contributed by atoms with Gasteiger partial charge in [0.05, 0.1) is 6.04 Å². The lowest BCUT2D eigenvalue weighted by atomic mass is 10.0. The lowest BCUT2D eigenvalue weighted by molar-refractivity contribution is 0.391. The molecule has 1 N–H and O–H groups in total. The molecule has 4 heteroatoms. The first-order valence-electron chi connectivity index (χ1n) is 7.19. The van der Waals surface area contributed by atoms with Crippen molar-refractivity contribution in [1.82, 2.24) is 20.1 Å². The number of aromatic nitrogens is 3. The molecule has 1 rings (SSSR count). The monoisotopic (exact) mass is 252 g/mol. The Morgan fingerprint density at radius 3 is 2.50 bits per heavy atom. The zero-order valence-corrected chi connectivity index (χ0v) is 12.5. The molecule has 0 fully saturated rings. The third kappa shape index (κ3) is 4.41. The lowest BCUT2D eigenvalue weighted by Crippen LogP contribution is -2.26. The van der Waals surface area contributed by atoms with Crippen LogP contribution >= 0.6 is 0 Å². The molecular formula is C14H28N4. The van der Waals surface area contributed by atoms with Gasteiger partial charge in [0.1, 0.15) is 12.2 Å². The smallest absolute Gasteiger partial charge is 0.144 e. The molecule has 4 nitrogen and oxygen atoms in total. The summed E-state index contributed by atoms with van der Waals surface area (Å²) in [4.78, 5) is 4.46. The van der Waals surface area contributed by atoms with Crippen molar-refractivity contribution in [3.63, 3.8) is 0 Å². The molecule has 1 heterocycles. The van der Waals surface area contributed by atoms with Gasteiger partial charge in [-0.2, -0.15) is 5.10 Å². The molecule has 0 radical (unpaired) electrons. The zero-order valence-electron chi connectivity index (χ0n) is 12.5. The van der Waals surface area contributed by atoms with Gasteiger partial charge in [-0.25, -0.2) is 9.67 Å². The van der Waals surface area contributed by atoms with E-state index in [2.05, 4.69) is 50.0 Å². The maximum absolute atomic E-state index is 4.46. The van der Waals surface area contributed by atoms with E-state index in [1.807, 2.05) is 4.68 Å². The molecule has 0 saturated heterocycles. The standard InChI is InChI=1S/C14H28N4/c1-6-9-15-13(8-7-11(2)3)14-16-10-17-18(14)12(4)5/h10-13,15H,6-9H2,1-5H3. The zero-order chi connectivity index (χ0) is 13.5. The molecule has 0 spiro atoms. The molecule has 0 saturated carbocycles. The van der Waals surface area contributed by atoms with Crippen molar-refractivity contribution < 1.29 is 0 Å². The van der Waals surface area contributed by atoms with Gasteiger partial charge in [-0.3, -0.25) is 0 Å². The van der Waals surface area contributed by atoms with Crippen LogP contribution in [0.15, 0.2) is 6.33 Å². The second-order valence-corrected chi connectivity index (χ2v) is 5.63. The fourth-order valence-electron chi connectivity index (χ4n) is 2.05. The highest BCUT2D eigenvalue weighted by Gasteiger charge is 2.18. The van der Waals surface area contributed by atoms with Crippen molar-refractivity contribution in [2.45, 2.75) is 66.0 Å². The number of nitrogens with one attached hydrogen (secondary N) is 1. The minimum absolute atomic E-state index is 0.331. The van der Waals surface area contributed by atoms with Crippen LogP contribution in [-0.2, 0) is 0 Å². The summed E-state index contributed by atoms with van der Waals surface area (Å²) in [7, 11) is 0. The second-order valence-electron chi connectivity index (χ2n) is 5.63. The fourth-order valence-corrected chi connectivity index (χ4v) is 2.05. The van der Waals surface area contributed by atoms with Gasteiger partial charge in [-0.1, -0.05) is 20.8 Å². The first-order chi connectivity index (χ1) is 8.56. The molecule has 18 heavy (non-hydrogen) atoms. The van der Waals surface area contributed by atoms with Crippen LogP contribution in [0.25, 0.3) is 0 Å². The molecule has 0 bridgehead atoms. The molecule has 0 aliphatic heterocycles. The van der Waals surface area contributed by atoms with E-state index >= 15 is 0 Å². The molecule has 0 aliphatic rings. The van der Waals surface area contributed by atoms with Crippen LogP contribution in [0.1, 0.15) is 71.8 Å². The van der Waals surface area contributed by atoms with Crippen molar-refractivity contribution in [3.8, 4) is 0 Å². The number of hydrogen-bond acceptors (Lipinski definition) is 3. The number of rotatable bonds is 8. The van der Waals surface area contributed by atoms with Gasteiger partial charge in [-0.05, 0) is 45.6 Å². The van der Waals surface area contributed by atoms with E-state index in [1.165, 1.54) is 6.42 Å². The van der Waals surface area contributed by atoms with Gasteiger partial charge >= 0.3 is 0 Å². The average molecular weight is 252 g/mol. The van der Waals surface area contributed by atoms with Gasteiger partial charge < -0.3 is 5.32 Å². The molecule has 1 aromatic rings. The normalized spacial score (nSPS) is 13.5. The molecule has 0 aromatic carbocycles. The highest BCUT2D eigenvalue weighted by molar-refractivity contribution is 4.95. The maximum atomic E-state index is 4.46. The average Bonchev–Trinajstić information content (AvgIpc) is 2.78. The summed E-state index contributed by atoms with van der Waals surface area (Å²) in [6.45, 7) is 12.1. The van der Waals surface area contributed by atoms with Crippen LogP contribution in [0.5, 0.6) is 0 Å². The summed E-state index contributed by atoms with van der Waals surface area (Å²) >= 11 is 0. The second kappa shape index (κ2) is 7.52. The van der Waals surface area contributed by atoms with E-state index < -0.39 is 0 Å². The van der Waals surface area contributed by atoms with Crippen molar-refractivity contribution in [2.75, 3.05) is 6.54 Å². The predicted molar refractivity (Wildman–Crippen MR) is 75.5 cm³/mol. The Hall–Kier alpha value is -0.900. The van der Waals surface area contributed by atoms with E-state index in [0.717, 1.165) is 31.1 Å². The molecule has 1 atom stereocenters. The van der Waals surface area contributed by atoms with E-state index in [4.69, 9.17) is 0 Å². The van der Waals surface area contributed by atoms with Crippen LogP contribution < -0.4 is 5.32 Å². The van der Waals surface area contributed by atoms with Crippen LogP contribution in [0.4, 0.5) is 0 Å². The van der Waals surface area contributed by atoms with E-state index in [1.54, 1.807) is 6.33 Å². The number of nitrogens with zero attached hydrogens (tertiary/aromatic N) is 3. The highest BCUT2D eigenvalue weighted by atomic mass is 15.4. The Kier molecular flexibility index (Phi) is 6.33. The molecule has 1 aromatic heterocycles. The summed E-state index contributed by atoms with van der Waals surface area (Å²) in [6.07, 6.45) is 5.16. The topological polar surface area (TPSA) is 42.7 Å². The largest absolute Gasteiger partial charge is 0.307 e. The first-order valence-corrected chi connectivity index (χ1v) is 7.19. The number of hydrogen-bond donors (Lipinski definition) is 1. The van der Waals surface area contributed by atoms with Crippen LogP contribution in [0.3, 0.4) is 0 Å². The Balaban J connectivity index is 2.76. The van der Waals surface area contributed by atoms with Gasteiger partial charge in [0, 0.05) is 6.04 Å². The Morgan fingerprint density at radius 1 is 1.22 bits per heavy atom. The Morgan fingerprint density at radius 2 is 1.94 bits per heavy atom. The highest BCUT2D eigenvalue weighted by Crippen LogP contribution is 2.21. The first kappa shape index (κ1) is 15.2. The third-order valence-electron chi connectivity index (χ3n) is 3.08. The molecule has 0 aliphatic carbocycles. The SMILES string of the molecule is CCCNC(CCC(C)C)c1ncnn1C(C)C. The van der Waals surface area contributed by atoms with Gasteiger partial charge in [0.25, 0.3) is 0 Å². The fraction of sp³-hybridized carbons (Fsp3) is 0.857. The quantitative estimate of drug-likeness (QED) is 0.771. The Bertz CT molecular complexity index is 330. The maximum Gasteiger partial charge on any atom is 0.144 e. The summed E-state index contributed by atoms with van der Waals surface area (Å²) in [6, 6.07) is 0.699. The van der Waals surface area contributed by atoms with Crippen LogP contribution in [-0.4, -0.2) is 21.3 Å². The van der Waals surface area contributed by atoms with E-state index in [-0.39, 0.29) is 0 Å². The molecule has 104 valence electrons. The summed E-state index contributed by atoms with van der Waals surface area (Å²) in [5.41, 5.74) is 0. The summed E-state index contributed by atoms with van der Waals surface area (Å²) in [5.74, 6) is 1.81. The van der Waals surface area contributed by atoms with Crippen LogP contribution in [0.2, 0.25) is 0 Å². The van der Waals surface area contributed by atoms with Crippen LogP contribution in [0, 0.1) is 5.92 Å². The predicted octanol–water partition coefficient (Wildman–Crippen LogP) is 3.34. The van der Waals surface area contributed by atoms with Gasteiger partial charge in [0.15, 0.2) is 0 Å². The Labute approximate surface area is 111 Å². The van der Waals surface area contributed by atoms with E-state index in [9.17, 15) is 0 Å². The minimum Gasteiger partial charge on any atom is -0.307 e. The summed E-state index contributed by atoms with van der Waals surface area (Å²) in [5, 5.41) is 7.94. The van der Waals surface area contributed by atoms with Crippen molar-refractivity contribution >= 4 is 0 Å².